The molecule has 1 aliphatic heterocycles. The largest absolute Gasteiger partial charge is 0.348 e. The molecule has 0 bridgehead atoms. The first-order valence-corrected chi connectivity index (χ1v) is 8.51. The molecule has 2 unspecified atom stereocenters. The van der Waals surface area contributed by atoms with Crippen LogP contribution in [0.15, 0.2) is 22.9 Å². The van der Waals surface area contributed by atoms with Crippen LogP contribution in [0.4, 0.5) is 0 Å². The Hall–Kier alpha value is -0.660. The Bertz CT molecular complexity index is 589. The highest BCUT2D eigenvalue weighted by atomic mass is 35.5. The van der Waals surface area contributed by atoms with E-state index in [-0.39, 0.29) is 36.8 Å². The van der Waals surface area contributed by atoms with E-state index in [0.717, 1.165) is 29.4 Å². The van der Waals surface area contributed by atoms with Crippen LogP contribution in [0.25, 0.3) is 9.88 Å². The molecular formula is C14H19Cl2N3OS2. The molecule has 0 saturated carbocycles. The van der Waals surface area contributed by atoms with Crippen LogP contribution >= 0.6 is 47.5 Å². The van der Waals surface area contributed by atoms with Gasteiger partial charge in [-0.1, -0.05) is 13.0 Å². The lowest BCUT2D eigenvalue weighted by molar-refractivity contribution is 0.0910. The van der Waals surface area contributed by atoms with Crippen LogP contribution < -0.4 is 10.6 Å². The number of nitrogens with zero attached hydrogens (tertiary/aromatic N) is 1. The van der Waals surface area contributed by atoms with E-state index in [1.165, 1.54) is 11.3 Å². The lowest BCUT2D eigenvalue weighted by Gasteiger charge is -2.29. The van der Waals surface area contributed by atoms with Gasteiger partial charge in [-0.25, -0.2) is 4.98 Å². The van der Waals surface area contributed by atoms with Gasteiger partial charge in [-0.3, -0.25) is 4.79 Å². The van der Waals surface area contributed by atoms with Crippen molar-refractivity contribution < 1.29 is 4.79 Å². The molecule has 2 N–H and O–H groups in total. The Morgan fingerprint density at radius 2 is 2.23 bits per heavy atom. The van der Waals surface area contributed by atoms with Gasteiger partial charge >= 0.3 is 0 Å². The van der Waals surface area contributed by atoms with E-state index in [4.69, 9.17) is 0 Å². The highest BCUT2D eigenvalue weighted by Gasteiger charge is 2.24. The molecule has 1 fully saturated rings. The highest BCUT2D eigenvalue weighted by molar-refractivity contribution is 7.20. The maximum atomic E-state index is 12.3. The summed E-state index contributed by atoms with van der Waals surface area (Å²) in [4.78, 5) is 17.8. The molecule has 0 aromatic carbocycles. The topological polar surface area (TPSA) is 54.0 Å². The number of halogens is 2. The SMILES string of the molecule is CC1CNCCC1NC(=O)c1csc(-c2cccs2)n1.Cl.Cl. The van der Waals surface area contributed by atoms with E-state index in [2.05, 4.69) is 22.5 Å². The Kier molecular flexibility index (Phi) is 7.79. The molecule has 3 rings (SSSR count). The van der Waals surface area contributed by atoms with Crippen LogP contribution in [0.1, 0.15) is 23.8 Å². The first-order valence-electron chi connectivity index (χ1n) is 6.75. The molecule has 3 heterocycles. The summed E-state index contributed by atoms with van der Waals surface area (Å²) in [5.74, 6) is 0.408. The second-order valence-electron chi connectivity index (χ2n) is 5.07. The van der Waals surface area contributed by atoms with Gasteiger partial charge in [-0.2, -0.15) is 0 Å². The van der Waals surface area contributed by atoms with Gasteiger partial charge in [0.25, 0.3) is 5.91 Å². The normalized spacial score (nSPS) is 20.6. The number of thiazole rings is 1. The monoisotopic (exact) mass is 379 g/mol. The second-order valence-corrected chi connectivity index (χ2v) is 6.87. The molecule has 0 radical (unpaired) electrons. The number of piperidine rings is 1. The first kappa shape index (κ1) is 19.4. The highest BCUT2D eigenvalue weighted by Crippen LogP contribution is 2.27. The number of amides is 1. The molecule has 1 aliphatic rings. The fourth-order valence-corrected chi connectivity index (χ4v) is 3.98. The third-order valence-corrected chi connectivity index (χ3v) is 5.45. The fourth-order valence-electron chi connectivity index (χ4n) is 2.36. The van der Waals surface area contributed by atoms with Gasteiger partial charge in [0, 0.05) is 11.4 Å². The standard InChI is InChI=1S/C14H17N3OS2.2ClH/c1-9-7-15-5-4-10(9)16-13(18)11-8-20-14(17-11)12-3-2-6-19-12;;/h2-3,6,8-10,15H,4-5,7H2,1H3,(H,16,18);2*1H. The van der Waals surface area contributed by atoms with Crippen LogP contribution in [0.3, 0.4) is 0 Å². The lowest BCUT2D eigenvalue weighted by Crippen LogP contribution is -2.48. The van der Waals surface area contributed by atoms with Crippen molar-refractivity contribution in [1.29, 1.82) is 0 Å². The van der Waals surface area contributed by atoms with E-state index in [9.17, 15) is 4.79 Å². The molecular weight excluding hydrogens is 361 g/mol. The van der Waals surface area contributed by atoms with Crippen LogP contribution in [0.2, 0.25) is 0 Å². The van der Waals surface area contributed by atoms with Crippen molar-refractivity contribution in [2.75, 3.05) is 13.1 Å². The number of rotatable bonds is 3. The second kappa shape index (κ2) is 8.84. The van der Waals surface area contributed by atoms with Crippen molar-refractivity contribution in [2.45, 2.75) is 19.4 Å². The number of aromatic nitrogens is 1. The van der Waals surface area contributed by atoms with E-state index < -0.39 is 0 Å². The molecule has 2 aromatic heterocycles. The van der Waals surface area contributed by atoms with Crippen molar-refractivity contribution in [1.82, 2.24) is 15.6 Å². The van der Waals surface area contributed by atoms with E-state index in [0.29, 0.717) is 11.6 Å². The van der Waals surface area contributed by atoms with Gasteiger partial charge in [0.2, 0.25) is 0 Å². The summed E-state index contributed by atoms with van der Waals surface area (Å²) in [5, 5.41) is 11.2. The van der Waals surface area contributed by atoms with E-state index in [1.807, 2.05) is 22.9 Å². The van der Waals surface area contributed by atoms with Gasteiger partial charge < -0.3 is 10.6 Å². The molecule has 2 atom stereocenters. The van der Waals surface area contributed by atoms with E-state index in [1.54, 1.807) is 11.3 Å². The molecule has 1 amide bonds. The summed E-state index contributed by atoms with van der Waals surface area (Å²) in [5.41, 5.74) is 0.532. The summed E-state index contributed by atoms with van der Waals surface area (Å²) in [6.45, 7) is 4.09. The third-order valence-electron chi connectivity index (χ3n) is 3.57. The number of carbonyl (C=O) groups excluding carboxylic acids is 1. The maximum Gasteiger partial charge on any atom is 0.271 e. The average molecular weight is 380 g/mol. The molecule has 122 valence electrons. The van der Waals surface area contributed by atoms with Crippen molar-refractivity contribution in [3.05, 3.63) is 28.6 Å². The van der Waals surface area contributed by atoms with Gasteiger partial charge in [-0.15, -0.1) is 47.5 Å². The minimum atomic E-state index is -0.0530. The van der Waals surface area contributed by atoms with Crippen molar-refractivity contribution in [3.8, 4) is 9.88 Å². The summed E-state index contributed by atoms with van der Waals surface area (Å²) in [7, 11) is 0. The first-order chi connectivity index (χ1) is 9.74. The number of thiophene rings is 1. The van der Waals surface area contributed by atoms with Crippen LogP contribution in [-0.2, 0) is 0 Å². The number of carbonyl (C=O) groups is 1. The zero-order valence-corrected chi connectivity index (χ0v) is 15.3. The quantitative estimate of drug-likeness (QED) is 0.858. The molecule has 22 heavy (non-hydrogen) atoms. The average Bonchev–Trinajstić information content (AvgIpc) is 3.11. The summed E-state index contributed by atoms with van der Waals surface area (Å²) in [6.07, 6.45) is 0.981. The summed E-state index contributed by atoms with van der Waals surface area (Å²) in [6, 6.07) is 4.27. The lowest BCUT2D eigenvalue weighted by atomic mass is 9.95. The van der Waals surface area contributed by atoms with Gasteiger partial charge in [0.1, 0.15) is 10.7 Å². The van der Waals surface area contributed by atoms with Gasteiger partial charge in [0.15, 0.2) is 0 Å². The Morgan fingerprint density at radius 3 is 2.91 bits per heavy atom. The summed E-state index contributed by atoms with van der Waals surface area (Å²) >= 11 is 3.17. The van der Waals surface area contributed by atoms with Crippen molar-refractivity contribution in [3.63, 3.8) is 0 Å². The van der Waals surface area contributed by atoms with Crippen LogP contribution in [0, 0.1) is 5.92 Å². The number of hydrogen-bond donors (Lipinski definition) is 2. The van der Waals surface area contributed by atoms with Crippen LogP contribution in [-0.4, -0.2) is 30.0 Å². The maximum absolute atomic E-state index is 12.3. The Balaban J connectivity index is 0.00000121. The third kappa shape index (κ3) is 4.43. The molecule has 0 aliphatic carbocycles. The molecule has 4 nitrogen and oxygen atoms in total. The fraction of sp³-hybridized carbons (Fsp3) is 0.429. The molecule has 1 saturated heterocycles. The van der Waals surface area contributed by atoms with E-state index >= 15 is 0 Å². The Labute approximate surface area is 150 Å². The van der Waals surface area contributed by atoms with Crippen molar-refractivity contribution >= 4 is 53.4 Å². The predicted molar refractivity (Wildman–Crippen MR) is 97.8 cm³/mol. The molecule has 0 spiro atoms. The zero-order chi connectivity index (χ0) is 13.9. The predicted octanol–water partition coefficient (Wildman–Crippen LogP) is 3.44. The van der Waals surface area contributed by atoms with Gasteiger partial charge in [0.05, 0.1) is 4.88 Å². The Morgan fingerprint density at radius 1 is 1.41 bits per heavy atom. The summed E-state index contributed by atoms with van der Waals surface area (Å²) < 4.78 is 0. The minimum Gasteiger partial charge on any atom is -0.348 e. The minimum absolute atomic E-state index is 0. The smallest absolute Gasteiger partial charge is 0.271 e. The zero-order valence-electron chi connectivity index (χ0n) is 12.1. The van der Waals surface area contributed by atoms with Crippen LogP contribution in [0.5, 0.6) is 0 Å². The van der Waals surface area contributed by atoms with Crippen molar-refractivity contribution in [2.24, 2.45) is 5.92 Å². The van der Waals surface area contributed by atoms with Gasteiger partial charge in [-0.05, 0) is 36.9 Å². The number of hydrogen-bond acceptors (Lipinski definition) is 5. The molecule has 8 heteroatoms. The number of nitrogens with one attached hydrogen (secondary N) is 2. The molecule has 2 aromatic rings.